The van der Waals surface area contributed by atoms with Gasteiger partial charge in [0.25, 0.3) is 0 Å². The Hall–Kier alpha value is -6.52. The standard InChI is InChI=1S/C58H41NS2/c1-57(2)48-17-7-9-19-50(48)58(51-20-10-8-18-49(51)57)47-16-6-3-13-41(47)42-30-25-37(33-52(42)58)36-23-26-38(27-24-36)59(39-29-32-55-46(34-39)44-15-5-12-22-54(44)60-55)40-28-31-45-43-14-4-11-21-53(43)61-56(45)35-40/h3-35,48,50H,1-2H3. The van der Waals surface area contributed by atoms with E-state index in [0.29, 0.717) is 5.92 Å². The Labute approximate surface area is 364 Å². The third-order valence-electron chi connectivity index (χ3n) is 14.3. The minimum Gasteiger partial charge on any atom is -0.310 e. The van der Waals surface area contributed by atoms with Crippen molar-refractivity contribution in [2.75, 3.05) is 4.90 Å². The van der Waals surface area contributed by atoms with E-state index >= 15 is 0 Å². The minimum atomic E-state index is -0.299. The summed E-state index contributed by atoms with van der Waals surface area (Å²) in [6, 6.07) is 66.6. The summed E-state index contributed by atoms with van der Waals surface area (Å²) < 4.78 is 5.26. The topological polar surface area (TPSA) is 3.24 Å². The van der Waals surface area contributed by atoms with Gasteiger partial charge >= 0.3 is 0 Å². The average molecular weight is 816 g/mol. The van der Waals surface area contributed by atoms with Crippen molar-refractivity contribution in [3.63, 3.8) is 0 Å². The summed E-state index contributed by atoms with van der Waals surface area (Å²) in [6.45, 7) is 4.90. The van der Waals surface area contributed by atoms with Crippen LogP contribution in [0.2, 0.25) is 0 Å². The summed E-state index contributed by atoms with van der Waals surface area (Å²) in [6.07, 6.45) is 9.55. The zero-order valence-corrected chi connectivity index (χ0v) is 35.6. The fourth-order valence-corrected chi connectivity index (χ4v) is 13.8. The fraction of sp³-hybridized carbons (Fsp3) is 0.103. The molecule has 290 valence electrons. The van der Waals surface area contributed by atoms with E-state index in [1.807, 2.05) is 22.7 Å². The van der Waals surface area contributed by atoms with Crippen molar-refractivity contribution < 1.29 is 0 Å². The van der Waals surface area contributed by atoms with E-state index < -0.39 is 0 Å². The molecule has 10 aromatic rings. The van der Waals surface area contributed by atoms with Crippen molar-refractivity contribution in [2.45, 2.75) is 24.7 Å². The van der Waals surface area contributed by atoms with Crippen molar-refractivity contribution in [2.24, 2.45) is 11.8 Å². The first-order valence-corrected chi connectivity index (χ1v) is 23.0. The molecule has 3 heteroatoms. The normalized spacial score (nSPS) is 19.4. The van der Waals surface area contributed by atoms with Crippen molar-refractivity contribution >= 4 is 80.1 Å². The summed E-state index contributed by atoms with van der Waals surface area (Å²) in [5, 5.41) is 5.24. The lowest BCUT2D eigenvalue weighted by atomic mass is 9.48. The molecule has 13 rings (SSSR count). The highest BCUT2D eigenvalue weighted by Crippen LogP contribution is 2.65. The summed E-state index contributed by atoms with van der Waals surface area (Å²) in [4.78, 5) is 2.44. The molecule has 61 heavy (non-hydrogen) atoms. The molecule has 0 fully saturated rings. The van der Waals surface area contributed by atoms with Gasteiger partial charge in [-0.2, -0.15) is 0 Å². The molecule has 1 nitrogen and oxygen atoms in total. The van der Waals surface area contributed by atoms with E-state index in [0.717, 1.165) is 17.1 Å². The van der Waals surface area contributed by atoms with Gasteiger partial charge in [-0.15, -0.1) is 22.7 Å². The third-order valence-corrected chi connectivity index (χ3v) is 16.6. The number of nitrogens with zero attached hydrogens (tertiary/aromatic N) is 1. The van der Waals surface area contributed by atoms with E-state index in [2.05, 4.69) is 219 Å². The highest BCUT2D eigenvalue weighted by molar-refractivity contribution is 7.26. The Morgan fingerprint density at radius 1 is 0.393 bits per heavy atom. The van der Waals surface area contributed by atoms with Crippen LogP contribution in [-0.4, -0.2) is 0 Å². The second-order valence-electron chi connectivity index (χ2n) is 17.6. The molecule has 3 unspecified atom stereocenters. The Morgan fingerprint density at radius 2 is 0.951 bits per heavy atom. The molecule has 2 aromatic heterocycles. The van der Waals surface area contributed by atoms with Crippen LogP contribution in [0, 0.1) is 11.8 Å². The first-order valence-electron chi connectivity index (χ1n) is 21.4. The average Bonchev–Trinajstić information content (AvgIpc) is 3.97. The van der Waals surface area contributed by atoms with Gasteiger partial charge in [0.1, 0.15) is 0 Å². The second kappa shape index (κ2) is 13.0. The van der Waals surface area contributed by atoms with Crippen LogP contribution in [0.25, 0.3) is 62.6 Å². The minimum absolute atomic E-state index is 0.00661. The lowest BCUT2D eigenvalue weighted by Crippen LogP contribution is -2.51. The quantitative estimate of drug-likeness (QED) is 0.171. The molecule has 0 radical (unpaired) electrons. The number of allylic oxidation sites excluding steroid dienone is 4. The van der Waals surface area contributed by atoms with Crippen molar-refractivity contribution in [3.8, 4) is 22.3 Å². The van der Waals surface area contributed by atoms with E-state index in [9.17, 15) is 0 Å². The van der Waals surface area contributed by atoms with E-state index in [1.165, 1.54) is 84.9 Å². The number of anilines is 3. The zero-order chi connectivity index (χ0) is 40.5. The molecule has 1 spiro atoms. The number of benzene rings is 8. The van der Waals surface area contributed by atoms with Gasteiger partial charge < -0.3 is 4.90 Å². The highest BCUT2D eigenvalue weighted by Gasteiger charge is 2.58. The Morgan fingerprint density at radius 3 is 1.75 bits per heavy atom. The Balaban J connectivity index is 0.969. The lowest BCUT2D eigenvalue weighted by molar-refractivity contribution is 0.219. The first-order chi connectivity index (χ1) is 30.0. The van der Waals surface area contributed by atoms with Gasteiger partial charge in [-0.25, -0.2) is 0 Å². The molecule has 3 aliphatic rings. The molecular formula is C58H41NS2. The van der Waals surface area contributed by atoms with Crippen LogP contribution in [0.1, 0.15) is 36.1 Å². The van der Waals surface area contributed by atoms with Gasteiger partial charge in [-0.1, -0.05) is 153 Å². The Bertz CT molecular complexity index is 3490. The number of rotatable bonds is 4. The van der Waals surface area contributed by atoms with Crippen LogP contribution in [0.5, 0.6) is 0 Å². The molecule has 3 aliphatic carbocycles. The molecule has 2 heterocycles. The van der Waals surface area contributed by atoms with Crippen LogP contribution in [0.3, 0.4) is 0 Å². The number of hydrogen-bond donors (Lipinski definition) is 0. The predicted molar refractivity (Wildman–Crippen MR) is 262 cm³/mol. The maximum absolute atomic E-state index is 2.53. The highest BCUT2D eigenvalue weighted by atomic mass is 32.1. The van der Waals surface area contributed by atoms with Gasteiger partial charge in [-0.3, -0.25) is 0 Å². The van der Waals surface area contributed by atoms with Crippen molar-refractivity contribution in [1.29, 1.82) is 0 Å². The van der Waals surface area contributed by atoms with Gasteiger partial charge in [0.2, 0.25) is 0 Å². The molecule has 0 aliphatic heterocycles. The maximum atomic E-state index is 2.53. The lowest BCUT2D eigenvalue weighted by Gasteiger charge is -2.54. The van der Waals surface area contributed by atoms with Gasteiger partial charge in [0.05, 0.1) is 5.41 Å². The molecule has 0 N–H and O–H groups in total. The van der Waals surface area contributed by atoms with Gasteiger partial charge in [0, 0.05) is 63.3 Å². The van der Waals surface area contributed by atoms with Gasteiger partial charge in [-0.05, 0) is 117 Å². The molecule has 0 saturated carbocycles. The van der Waals surface area contributed by atoms with Crippen molar-refractivity contribution in [1.82, 2.24) is 0 Å². The van der Waals surface area contributed by atoms with Crippen LogP contribution in [0.4, 0.5) is 17.1 Å². The molecule has 3 atom stereocenters. The summed E-state index contributed by atoms with van der Waals surface area (Å²) in [5.74, 6) is 0.644. The van der Waals surface area contributed by atoms with Gasteiger partial charge in [0.15, 0.2) is 0 Å². The monoisotopic (exact) mass is 815 g/mol. The predicted octanol–water partition coefficient (Wildman–Crippen LogP) is 16.5. The van der Waals surface area contributed by atoms with Crippen LogP contribution < -0.4 is 4.90 Å². The molecule has 8 aromatic carbocycles. The SMILES string of the molecule is CC1(C)c2ccccc2C2(c3ccccc3-c3ccc(-c4ccc(N(c5ccc6c(c5)sc5ccccc56)c5ccc6sc7ccccc7c6c5)cc4)cc32)C2C=CC=CC21. The molecule has 0 amide bonds. The summed E-state index contributed by atoms with van der Waals surface area (Å²) in [7, 11) is 0. The Kier molecular flexibility index (Phi) is 7.51. The smallest absolute Gasteiger partial charge is 0.0535 e. The second-order valence-corrected chi connectivity index (χ2v) is 19.8. The third kappa shape index (κ3) is 4.93. The maximum Gasteiger partial charge on any atom is 0.0535 e. The van der Waals surface area contributed by atoms with Crippen molar-refractivity contribution in [3.05, 3.63) is 222 Å². The van der Waals surface area contributed by atoms with E-state index in [4.69, 9.17) is 0 Å². The molecular weight excluding hydrogens is 775 g/mol. The number of fused-ring (bicyclic) bond motifs is 15. The number of thiophene rings is 2. The van der Waals surface area contributed by atoms with Crippen LogP contribution in [-0.2, 0) is 10.8 Å². The zero-order valence-electron chi connectivity index (χ0n) is 34.0. The first kappa shape index (κ1) is 35.3. The van der Waals surface area contributed by atoms with Crippen LogP contribution in [0.15, 0.2) is 200 Å². The molecule has 0 bridgehead atoms. The number of hydrogen-bond acceptors (Lipinski definition) is 3. The largest absolute Gasteiger partial charge is 0.310 e. The van der Waals surface area contributed by atoms with Crippen LogP contribution >= 0.6 is 22.7 Å². The molecule has 0 saturated heterocycles. The summed E-state index contributed by atoms with van der Waals surface area (Å²) in [5.41, 5.74) is 14.1. The summed E-state index contributed by atoms with van der Waals surface area (Å²) >= 11 is 3.74. The van der Waals surface area contributed by atoms with E-state index in [-0.39, 0.29) is 16.7 Å². The fourth-order valence-electron chi connectivity index (χ4n) is 11.6. The van der Waals surface area contributed by atoms with E-state index in [1.54, 1.807) is 0 Å².